The lowest BCUT2D eigenvalue weighted by Gasteiger charge is -2.30. The molecule has 3 rings (SSSR count). The highest BCUT2D eigenvalue weighted by Crippen LogP contribution is 2.25. The van der Waals surface area contributed by atoms with Gasteiger partial charge in [0.25, 0.3) is 5.91 Å². The molecule has 5 nitrogen and oxygen atoms in total. The maximum atomic E-state index is 12.9. The van der Waals surface area contributed by atoms with E-state index in [1.54, 1.807) is 17.0 Å². The second-order valence-corrected chi connectivity index (χ2v) is 6.48. The Labute approximate surface area is 144 Å². The summed E-state index contributed by atoms with van der Waals surface area (Å²) in [6, 6.07) is 11.0. The number of hydrogen-bond acceptors (Lipinski definition) is 5. The highest BCUT2D eigenvalue weighted by molar-refractivity contribution is 7.12. The molecule has 0 N–H and O–H groups in total. The lowest BCUT2D eigenvalue weighted by Crippen LogP contribution is -2.44. The van der Waals surface area contributed by atoms with Gasteiger partial charge in [-0.2, -0.15) is 0 Å². The van der Waals surface area contributed by atoms with Crippen molar-refractivity contribution < 1.29 is 19.1 Å². The van der Waals surface area contributed by atoms with Crippen LogP contribution in [0.2, 0.25) is 0 Å². The van der Waals surface area contributed by atoms with Crippen molar-refractivity contribution in [2.45, 2.75) is 13.0 Å². The molecule has 2 aromatic rings. The molecule has 1 amide bonds. The number of hydrogen-bond donors (Lipinski definition) is 0. The van der Waals surface area contributed by atoms with Crippen LogP contribution in [0.25, 0.3) is 0 Å². The zero-order valence-corrected chi connectivity index (χ0v) is 14.3. The molecule has 0 aliphatic carbocycles. The van der Waals surface area contributed by atoms with E-state index in [1.165, 1.54) is 11.3 Å². The van der Waals surface area contributed by atoms with Crippen LogP contribution < -0.4 is 0 Å². The van der Waals surface area contributed by atoms with Crippen molar-refractivity contribution >= 4 is 23.2 Å². The van der Waals surface area contributed by atoms with Gasteiger partial charge in [-0.05, 0) is 23.9 Å². The summed E-state index contributed by atoms with van der Waals surface area (Å²) in [7, 11) is 0. The lowest BCUT2D eigenvalue weighted by molar-refractivity contribution is -0.145. The third-order valence-electron chi connectivity index (χ3n) is 3.92. The van der Waals surface area contributed by atoms with Crippen LogP contribution in [0.1, 0.15) is 26.9 Å². The minimum atomic E-state index is -0.932. The standard InChI is InChI=1S/C18H19NO4S/c1-13-7-12-24-16(13)18(21)23-15(14-5-3-2-4-6-14)17(20)19-8-10-22-11-9-19/h2-7,12,15H,8-11H2,1H3/t15-/m1/s1. The SMILES string of the molecule is Cc1ccsc1C(=O)O[C@@H](C(=O)N1CCOCC1)c1ccccc1. The number of esters is 1. The average Bonchev–Trinajstić information content (AvgIpc) is 3.06. The van der Waals surface area contributed by atoms with E-state index in [2.05, 4.69) is 0 Å². The Bertz CT molecular complexity index is 707. The van der Waals surface area contributed by atoms with E-state index < -0.39 is 12.1 Å². The van der Waals surface area contributed by atoms with E-state index in [1.807, 2.05) is 36.6 Å². The van der Waals surface area contributed by atoms with Crippen LogP contribution in [-0.4, -0.2) is 43.1 Å². The van der Waals surface area contributed by atoms with E-state index in [9.17, 15) is 9.59 Å². The van der Waals surface area contributed by atoms with Gasteiger partial charge in [0, 0.05) is 18.7 Å². The van der Waals surface area contributed by atoms with Crippen LogP contribution in [-0.2, 0) is 14.3 Å². The van der Waals surface area contributed by atoms with Crippen LogP contribution in [0.4, 0.5) is 0 Å². The molecule has 1 saturated heterocycles. The van der Waals surface area contributed by atoms with Gasteiger partial charge in [0.1, 0.15) is 4.88 Å². The van der Waals surface area contributed by atoms with Crippen LogP contribution in [0.3, 0.4) is 0 Å². The molecule has 1 atom stereocenters. The second kappa shape index (κ2) is 7.59. The summed E-state index contributed by atoms with van der Waals surface area (Å²) in [4.78, 5) is 27.6. The minimum Gasteiger partial charge on any atom is -0.443 e. The minimum absolute atomic E-state index is 0.202. The summed E-state index contributed by atoms with van der Waals surface area (Å²) in [6.45, 7) is 3.89. The van der Waals surface area contributed by atoms with Crippen LogP contribution >= 0.6 is 11.3 Å². The highest BCUT2D eigenvalue weighted by Gasteiger charge is 2.31. The molecule has 0 radical (unpaired) electrons. The monoisotopic (exact) mass is 345 g/mol. The Hall–Kier alpha value is -2.18. The highest BCUT2D eigenvalue weighted by atomic mass is 32.1. The second-order valence-electron chi connectivity index (χ2n) is 5.57. The summed E-state index contributed by atoms with van der Waals surface area (Å²) in [5.41, 5.74) is 1.53. The van der Waals surface area contributed by atoms with Crippen molar-refractivity contribution in [2.24, 2.45) is 0 Å². The van der Waals surface area contributed by atoms with Gasteiger partial charge in [-0.3, -0.25) is 4.79 Å². The van der Waals surface area contributed by atoms with Gasteiger partial charge in [0.2, 0.25) is 6.10 Å². The lowest BCUT2D eigenvalue weighted by atomic mass is 10.1. The van der Waals surface area contributed by atoms with E-state index in [-0.39, 0.29) is 5.91 Å². The number of morpholine rings is 1. The van der Waals surface area contributed by atoms with Gasteiger partial charge >= 0.3 is 5.97 Å². The van der Waals surface area contributed by atoms with Crippen molar-refractivity contribution in [2.75, 3.05) is 26.3 Å². The van der Waals surface area contributed by atoms with E-state index in [0.29, 0.717) is 36.7 Å². The molecule has 0 saturated carbocycles. The molecule has 1 aliphatic heterocycles. The first-order valence-electron chi connectivity index (χ1n) is 7.83. The van der Waals surface area contributed by atoms with Crippen LogP contribution in [0.15, 0.2) is 41.8 Å². The first kappa shape index (κ1) is 16.7. The molecule has 1 fully saturated rings. The number of aryl methyl sites for hydroxylation is 1. The topological polar surface area (TPSA) is 55.8 Å². The predicted molar refractivity (Wildman–Crippen MR) is 91.1 cm³/mol. The van der Waals surface area contributed by atoms with Gasteiger partial charge in [-0.1, -0.05) is 30.3 Å². The number of carbonyl (C=O) groups excluding carboxylic acids is 2. The molecule has 24 heavy (non-hydrogen) atoms. The third-order valence-corrected chi connectivity index (χ3v) is 4.92. The van der Waals surface area contributed by atoms with Crippen molar-refractivity contribution in [1.82, 2.24) is 4.90 Å². The van der Waals surface area contributed by atoms with Crippen molar-refractivity contribution in [3.8, 4) is 0 Å². The quantitative estimate of drug-likeness (QED) is 0.800. The van der Waals surface area contributed by atoms with Gasteiger partial charge in [0.15, 0.2) is 0 Å². The maximum absolute atomic E-state index is 12.9. The van der Waals surface area contributed by atoms with Gasteiger partial charge in [-0.25, -0.2) is 4.79 Å². The molecule has 1 aromatic carbocycles. The molecule has 1 aliphatic rings. The maximum Gasteiger partial charge on any atom is 0.349 e. The molecule has 0 bridgehead atoms. The Morgan fingerprint density at radius 1 is 1.17 bits per heavy atom. The molecule has 0 spiro atoms. The fourth-order valence-electron chi connectivity index (χ4n) is 2.58. The fourth-order valence-corrected chi connectivity index (χ4v) is 3.39. The molecule has 2 heterocycles. The zero-order chi connectivity index (χ0) is 16.9. The molecular weight excluding hydrogens is 326 g/mol. The molecule has 0 unspecified atom stereocenters. The van der Waals surface area contributed by atoms with Crippen molar-refractivity contribution in [1.29, 1.82) is 0 Å². The zero-order valence-electron chi connectivity index (χ0n) is 13.4. The summed E-state index contributed by atoms with van der Waals surface area (Å²) in [5, 5.41) is 1.84. The number of ether oxygens (including phenoxy) is 2. The summed E-state index contributed by atoms with van der Waals surface area (Å²) in [6.07, 6.45) is -0.932. The largest absolute Gasteiger partial charge is 0.443 e. The van der Waals surface area contributed by atoms with Crippen LogP contribution in [0, 0.1) is 6.92 Å². The van der Waals surface area contributed by atoms with Gasteiger partial charge < -0.3 is 14.4 Å². The molecule has 6 heteroatoms. The van der Waals surface area contributed by atoms with Crippen molar-refractivity contribution in [3.05, 3.63) is 57.8 Å². The number of amides is 1. The summed E-state index contributed by atoms with van der Waals surface area (Å²) < 4.78 is 10.9. The Morgan fingerprint density at radius 3 is 2.50 bits per heavy atom. The van der Waals surface area contributed by atoms with Gasteiger partial charge in [0.05, 0.1) is 13.2 Å². The number of benzene rings is 1. The predicted octanol–water partition coefficient (Wildman–Crippen LogP) is 2.81. The normalized spacial score (nSPS) is 15.8. The van der Waals surface area contributed by atoms with E-state index in [4.69, 9.17) is 9.47 Å². The summed E-state index contributed by atoms with van der Waals surface area (Å²) in [5.74, 6) is -0.662. The van der Waals surface area contributed by atoms with Crippen molar-refractivity contribution in [3.63, 3.8) is 0 Å². The number of rotatable bonds is 4. The first-order chi connectivity index (χ1) is 11.7. The Kier molecular flexibility index (Phi) is 5.27. The first-order valence-corrected chi connectivity index (χ1v) is 8.71. The van der Waals surface area contributed by atoms with E-state index in [0.717, 1.165) is 5.56 Å². The summed E-state index contributed by atoms with van der Waals surface area (Å²) >= 11 is 1.32. The van der Waals surface area contributed by atoms with Crippen LogP contribution in [0.5, 0.6) is 0 Å². The Balaban J connectivity index is 1.83. The van der Waals surface area contributed by atoms with Gasteiger partial charge in [-0.15, -0.1) is 11.3 Å². The molecular formula is C18H19NO4S. The number of thiophene rings is 1. The smallest absolute Gasteiger partial charge is 0.349 e. The number of nitrogens with zero attached hydrogens (tertiary/aromatic N) is 1. The molecule has 1 aromatic heterocycles. The average molecular weight is 345 g/mol. The Morgan fingerprint density at radius 2 is 1.88 bits per heavy atom. The fraction of sp³-hybridized carbons (Fsp3) is 0.333. The molecule has 126 valence electrons. The third kappa shape index (κ3) is 3.66. The number of carbonyl (C=O) groups is 2. The van der Waals surface area contributed by atoms with E-state index >= 15 is 0 Å².